The van der Waals surface area contributed by atoms with E-state index in [9.17, 15) is 0 Å². The predicted octanol–water partition coefficient (Wildman–Crippen LogP) is 4.46. The molecule has 0 unspecified atom stereocenters. The van der Waals surface area contributed by atoms with E-state index < -0.39 is 0 Å². The van der Waals surface area contributed by atoms with Crippen LogP contribution in [0.1, 0.15) is 5.82 Å². The normalized spacial score (nSPS) is 10.9. The summed E-state index contributed by atoms with van der Waals surface area (Å²) in [4.78, 5) is 4.53. The molecule has 0 spiro atoms. The van der Waals surface area contributed by atoms with Crippen LogP contribution >= 0.6 is 23.2 Å². The molecule has 3 nitrogen and oxygen atoms in total. The number of aryl methyl sites for hydroxylation is 1. The number of ether oxygens (including phenoxy) is 1. The van der Waals surface area contributed by atoms with Crippen LogP contribution in [0.15, 0.2) is 42.5 Å². The Labute approximate surface area is 126 Å². The third-order valence-corrected chi connectivity index (χ3v) is 3.60. The molecule has 1 aromatic heterocycles. The fourth-order valence-corrected chi connectivity index (χ4v) is 2.32. The highest BCUT2D eigenvalue weighted by Crippen LogP contribution is 2.21. The average Bonchev–Trinajstić information content (AvgIpc) is 2.74. The first-order valence-corrected chi connectivity index (χ1v) is 6.88. The highest BCUT2D eigenvalue weighted by atomic mass is 35.5. The highest BCUT2D eigenvalue weighted by molar-refractivity contribution is 6.31. The van der Waals surface area contributed by atoms with Gasteiger partial charge in [0.05, 0.1) is 11.0 Å². The number of rotatable bonds is 3. The fraction of sp³-hybridized carbons (Fsp3) is 0.133. The van der Waals surface area contributed by atoms with Crippen molar-refractivity contribution in [3.05, 3.63) is 58.3 Å². The molecule has 0 saturated carbocycles. The molecule has 0 N–H and O–H groups in total. The maximum absolute atomic E-state index is 5.98. The first kappa shape index (κ1) is 13.3. The fourth-order valence-electron chi connectivity index (χ4n) is 2.03. The van der Waals surface area contributed by atoms with E-state index >= 15 is 0 Å². The number of nitrogens with zero attached hydrogens (tertiary/aromatic N) is 2. The van der Waals surface area contributed by atoms with E-state index in [1.165, 1.54) is 0 Å². The Bertz CT molecular complexity index is 750. The Kier molecular flexibility index (Phi) is 3.55. The Hall–Kier alpha value is -1.71. The van der Waals surface area contributed by atoms with Crippen molar-refractivity contribution < 1.29 is 4.74 Å². The van der Waals surface area contributed by atoms with Crippen molar-refractivity contribution in [1.29, 1.82) is 0 Å². The van der Waals surface area contributed by atoms with Gasteiger partial charge >= 0.3 is 0 Å². The summed E-state index contributed by atoms with van der Waals surface area (Å²) in [7, 11) is 1.96. The molecule has 2 aromatic carbocycles. The number of benzene rings is 2. The summed E-state index contributed by atoms with van der Waals surface area (Å²) in [5.74, 6) is 1.61. The smallest absolute Gasteiger partial charge is 0.147 e. The van der Waals surface area contributed by atoms with Crippen LogP contribution in [0.2, 0.25) is 10.0 Å². The summed E-state index contributed by atoms with van der Waals surface area (Å²) >= 11 is 11.8. The molecule has 3 rings (SSSR count). The number of hydrogen-bond donors (Lipinski definition) is 0. The molecule has 0 saturated heterocycles. The van der Waals surface area contributed by atoms with E-state index in [4.69, 9.17) is 27.9 Å². The van der Waals surface area contributed by atoms with E-state index in [1.54, 1.807) is 12.1 Å². The SMILES string of the molecule is Cn1c(COc2ccc(Cl)cc2)nc2cc(Cl)ccc21. The molecule has 5 heteroatoms. The number of aromatic nitrogens is 2. The van der Waals surface area contributed by atoms with Gasteiger partial charge in [-0.25, -0.2) is 4.98 Å². The van der Waals surface area contributed by atoms with Gasteiger partial charge in [-0.05, 0) is 42.5 Å². The van der Waals surface area contributed by atoms with Gasteiger partial charge in [-0.15, -0.1) is 0 Å². The van der Waals surface area contributed by atoms with Gasteiger partial charge in [0.1, 0.15) is 18.2 Å². The number of fused-ring (bicyclic) bond motifs is 1. The van der Waals surface area contributed by atoms with Crippen LogP contribution in [0.25, 0.3) is 11.0 Å². The molecule has 20 heavy (non-hydrogen) atoms. The van der Waals surface area contributed by atoms with Crippen LogP contribution in [-0.2, 0) is 13.7 Å². The quantitative estimate of drug-likeness (QED) is 0.714. The maximum atomic E-state index is 5.98. The Morgan fingerprint density at radius 1 is 1.05 bits per heavy atom. The minimum atomic E-state index is 0.393. The molecule has 0 aliphatic heterocycles. The first-order valence-electron chi connectivity index (χ1n) is 6.13. The van der Waals surface area contributed by atoms with Crippen molar-refractivity contribution in [2.24, 2.45) is 7.05 Å². The van der Waals surface area contributed by atoms with Gasteiger partial charge in [0.2, 0.25) is 0 Å². The van der Waals surface area contributed by atoms with Crippen molar-refractivity contribution in [3.63, 3.8) is 0 Å². The molecule has 102 valence electrons. The molecule has 0 radical (unpaired) electrons. The van der Waals surface area contributed by atoms with Gasteiger partial charge in [0.25, 0.3) is 0 Å². The van der Waals surface area contributed by atoms with Crippen LogP contribution in [-0.4, -0.2) is 9.55 Å². The maximum Gasteiger partial charge on any atom is 0.147 e. The third-order valence-electron chi connectivity index (χ3n) is 3.12. The second kappa shape index (κ2) is 5.35. The van der Waals surface area contributed by atoms with Gasteiger partial charge in [0, 0.05) is 17.1 Å². The zero-order chi connectivity index (χ0) is 14.1. The lowest BCUT2D eigenvalue weighted by Gasteiger charge is -2.06. The van der Waals surface area contributed by atoms with Crippen molar-refractivity contribution in [2.45, 2.75) is 6.61 Å². The average molecular weight is 307 g/mol. The Morgan fingerprint density at radius 2 is 1.75 bits per heavy atom. The molecule has 0 fully saturated rings. The molecular formula is C15H12Cl2N2O. The summed E-state index contributed by atoms with van der Waals surface area (Å²) in [6.45, 7) is 0.393. The second-order valence-corrected chi connectivity index (χ2v) is 5.34. The van der Waals surface area contributed by atoms with Gasteiger partial charge in [0.15, 0.2) is 0 Å². The van der Waals surface area contributed by atoms with Crippen molar-refractivity contribution >= 4 is 34.2 Å². The summed E-state index contributed by atoms with van der Waals surface area (Å²) < 4.78 is 7.71. The summed E-state index contributed by atoms with van der Waals surface area (Å²) in [5.41, 5.74) is 1.90. The lowest BCUT2D eigenvalue weighted by atomic mass is 10.3. The molecule has 3 aromatic rings. The first-order chi connectivity index (χ1) is 9.63. The van der Waals surface area contributed by atoms with Gasteiger partial charge < -0.3 is 9.30 Å². The minimum absolute atomic E-state index is 0.393. The molecular weight excluding hydrogens is 295 g/mol. The van der Waals surface area contributed by atoms with Crippen LogP contribution in [0.3, 0.4) is 0 Å². The zero-order valence-corrected chi connectivity index (χ0v) is 12.3. The molecule has 1 heterocycles. The molecule has 0 atom stereocenters. The highest BCUT2D eigenvalue weighted by Gasteiger charge is 2.08. The number of hydrogen-bond acceptors (Lipinski definition) is 2. The monoisotopic (exact) mass is 306 g/mol. The Balaban J connectivity index is 1.84. The van der Waals surface area contributed by atoms with Crippen LogP contribution in [0.4, 0.5) is 0 Å². The molecule has 0 aliphatic carbocycles. The lowest BCUT2D eigenvalue weighted by Crippen LogP contribution is -2.03. The largest absolute Gasteiger partial charge is 0.486 e. The predicted molar refractivity (Wildman–Crippen MR) is 81.5 cm³/mol. The van der Waals surface area contributed by atoms with E-state index in [1.807, 2.05) is 41.9 Å². The minimum Gasteiger partial charge on any atom is -0.486 e. The van der Waals surface area contributed by atoms with Gasteiger partial charge in [-0.3, -0.25) is 0 Å². The molecule has 0 bridgehead atoms. The van der Waals surface area contributed by atoms with E-state index in [2.05, 4.69) is 4.98 Å². The lowest BCUT2D eigenvalue weighted by molar-refractivity contribution is 0.292. The summed E-state index contributed by atoms with van der Waals surface area (Å²) in [6.07, 6.45) is 0. The number of imidazole rings is 1. The Morgan fingerprint density at radius 3 is 2.50 bits per heavy atom. The zero-order valence-electron chi connectivity index (χ0n) is 10.8. The van der Waals surface area contributed by atoms with Crippen molar-refractivity contribution in [2.75, 3.05) is 0 Å². The standard InChI is InChI=1S/C15H12Cl2N2O/c1-19-14-7-4-11(17)8-13(14)18-15(19)9-20-12-5-2-10(16)3-6-12/h2-8H,9H2,1H3. The van der Waals surface area contributed by atoms with E-state index in [-0.39, 0.29) is 0 Å². The summed E-state index contributed by atoms with van der Waals surface area (Å²) in [5, 5.41) is 1.37. The van der Waals surface area contributed by atoms with E-state index in [0.717, 1.165) is 22.6 Å². The van der Waals surface area contributed by atoms with Gasteiger partial charge in [-0.1, -0.05) is 23.2 Å². The third kappa shape index (κ3) is 2.60. The summed E-state index contributed by atoms with van der Waals surface area (Å²) in [6, 6.07) is 12.9. The van der Waals surface area contributed by atoms with Crippen molar-refractivity contribution in [1.82, 2.24) is 9.55 Å². The van der Waals surface area contributed by atoms with Crippen molar-refractivity contribution in [3.8, 4) is 5.75 Å². The number of halogens is 2. The van der Waals surface area contributed by atoms with Gasteiger partial charge in [-0.2, -0.15) is 0 Å². The van der Waals surface area contributed by atoms with E-state index in [0.29, 0.717) is 16.7 Å². The van der Waals surface area contributed by atoms with Crippen LogP contribution in [0.5, 0.6) is 5.75 Å². The molecule has 0 amide bonds. The van der Waals surface area contributed by atoms with Crippen LogP contribution in [0, 0.1) is 0 Å². The van der Waals surface area contributed by atoms with Crippen LogP contribution < -0.4 is 4.74 Å². The molecule has 0 aliphatic rings. The topological polar surface area (TPSA) is 27.1 Å². The second-order valence-electron chi connectivity index (χ2n) is 4.46.